The summed E-state index contributed by atoms with van der Waals surface area (Å²) in [6, 6.07) is 4.71. The van der Waals surface area contributed by atoms with Gasteiger partial charge in [-0.1, -0.05) is 0 Å². The van der Waals surface area contributed by atoms with E-state index < -0.39 is 5.91 Å². The van der Waals surface area contributed by atoms with E-state index in [2.05, 4.69) is 0 Å². The highest BCUT2D eigenvalue weighted by molar-refractivity contribution is 5.99. The topological polar surface area (TPSA) is 72.6 Å². The first kappa shape index (κ1) is 12.4. The molecule has 0 radical (unpaired) electrons. The van der Waals surface area contributed by atoms with Crippen LogP contribution >= 0.6 is 0 Å². The van der Waals surface area contributed by atoms with Gasteiger partial charge in [-0.2, -0.15) is 0 Å². The molecule has 2 rings (SSSR count). The first-order chi connectivity index (χ1) is 8.49. The molecule has 0 unspecified atom stereocenters. The second-order valence-corrected chi connectivity index (χ2v) is 4.59. The van der Waals surface area contributed by atoms with E-state index >= 15 is 0 Å². The van der Waals surface area contributed by atoms with Crippen molar-refractivity contribution in [2.24, 2.45) is 5.73 Å². The fraction of sp³-hybridized carbons (Fsp3) is 0.385. The van der Waals surface area contributed by atoms with Crippen molar-refractivity contribution >= 4 is 11.8 Å². The van der Waals surface area contributed by atoms with Crippen LogP contribution in [0.15, 0.2) is 18.2 Å². The molecule has 5 heteroatoms. The van der Waals surface area contributed by atoms with Crippen molar-refractivity contribution < 1.29 is 14.3 Å². The lowest BCUT2D eigenvalue weighted by Gasteiger charge is -2.13. The van der Waals surface area contributed by atoms with E-state index in [1.54, 1.807) is 26.2 Å². The average molecular weight is 248 g/mol. The summed E-state index contributed by atoms with van der Waals surface area (Å²) in [6.07, 6.45) is 2.10. The molecule has 1 aliphatic carbocycles. The van der Waals surface area contributed by atoms with Gasteiger partial charge in [0.05, 0.1) is 11.7 Å². The Morgan fingerprint density at radius 2 is 2.00 bits per heavy atom. The van der Waals surface area contributed by atoms with Gasteiger partial charge >= 0.3 is 0 Å². The molecule has 0 saturated heterocycles. The van der Waals surface area contributed by atoms with Crippen molar-refractivity contribution in [2.45, 2.75) is 18.9 Å². The van der Waals surface area contributed by atoms with Crippen LogP contribution in [0, 0.1) is 0 Å². The molecule has 96 valence electrons. The van der Waals surface area contributed by atoms with E-state index in [0.29, 0.717) is 16.9 Å². The molecule has 1 aliphatic rings. The van der Waals surface area contributed by atoms with Gasteiger partial charge in [0.25, 0.3) is 11.8 Å². The summed E-state index contributed by atoms with van der Waals surface area (Å²) in [5, 5.41) is 0. The quantitative estimate of drug-likeness (QED) is 0.864. The highest BCUT2D eigenvalue weighted by Crippen LogP contribution is 2.30. The van der Waals surface area contributed by atoms with Crippen LogP contribution in [-0.4, -0.2) is 36.9 Å². The van der Waals surface area contributed by atoms with Crippen LogP contribution in [0.25, 0.3) is 0 Å². The average Bonchev–Trinajstić information content (AvgIpc) is 3.11. The zero-order valence-corrected chi connectivity index (χ0v) is 10.5. The lowest BCUT2D eigenvalue weighted by molar-refractivity contribution is 0.0826. The number of primary amides is 1. The molecule has 1 saturated carbocycles. The third-order valence-electron chi connectivity index (χ3n) is 2.72. The summed E-state index contributed by atoms with van der Waals surface area (Å²) < 4.78 is 5.62. The van der Waals surface area contributed by atoms with Gasteiger partial charge in [0.2, 0.25) is 0 Å². The molecule has 1 fully saturated rings. The second kappa shape index (κ2) is 4.68. The summed E-state index contributed by atoms with van der Waals surface area (Å²) in [6.45, 7) is 0. The molecule has 1 aromatic carbocycles. The largest absolute Gasteiger partial charge is 0.490 e. The monoisotopic (exact) mass is 248 g/mol. The molecule has 1 aromatic rings. The van der Waals surface area contributed by atoms with Crippen LogP contribution in [0.3, 0.4) is 0 Å². The fourth-order valence-electron chi connectivity index (χ4n) is 1.58. The normalized spacial score (nSPS) is 14.1. The summed E-state index contributed by atoms with van der Waals surface area (Å²) in [5.74, 6) is -0.279. The van der Waals surface area contributed by atoms with Crippen LogP contribution < -0.4 is 10.5 Å². The van der Waals surface area contributed by atoms with Crippen molar-refractivity contribution in [3.63, 3.8) is 0 Å². The first-order valence-electron chi connectivity index (χ1n) is 5.81. The number of rotatable bonds is 4. The zero-order chi connectivity index (χ0) is 13.3. The number of nitrogens with zero attached hydrogens (tertiary/aromatic N) is 1. The van der Waals surface area contributed by atoms with Gasteiger partial charge in [0.15, 0.2) is 0 Å². The van der Waals surface area contributed by atoms with Crippen LogP contribution in [0.5, 0.6) is 5.75 Å². The van der Waals surface area contributed by atoms with E-state index in [-0.39, 0.29) is 12.0 Å². The highest BCUT2D eigenvalue weighted by Gasteiger charge is 2.26. The van der Waals surface area contributed by atoms with Gasteiger partial charge in [-0.15, -0.1) is 0 Å². The van der Waals surface area contributed by atoms with Crippen LogP contribution in [0.1, 0.15) is 33.6 Å². The van der Waals surface area contributed by atoms with E-state index in [1.165, 1.54) is 11.0 Å². The van der Waals surface area contributed by atoms with Crippen molar-refractivity contribution in [1.82, 2.24) is 4.90 Å². The van der Waals surface area contributed by atoms with Gasteiger partial charge in [0.1, 0.15) is 5.75 Å². The minimum absolute atomic E-state index is 0.133. The van der Waals surface area contributed by atoms with E-state index in [0.717, 1.165) is 12.8 Å². The van der Waals surface area contributed by atoms with Crippen LogP contribution in [-0.2, 0) is 0 Å². The summed E-state index contributed by atoms with van der Waals surface area (Å²) in [5.41, 5.74) is 6.09. The maximum atomic E-state index is 11.8. The molecule has 0 atom stereocenters. The third kappa shape index (κ3) is 2.61. The number of ether oxygens (including phenoxy) is 1. The van der Waals surface area contributed by atoms with Gasteiger partial charge < -0.3 is 15.4 Å². The molecule has 2 N–H and O–H groups in total. The molecule has 0 heterocycles. The number of benzene rings is 1. The smallest absolute Gasteiger partial charge is 0.253 e. The Morgan fingerprint density at radius 1 is 1.33 bits per heavy atom. The Labute approximate surface area is 106 Å². The zero-order valence-electron chi connectivity index (χ0n) is 10.5. The van der Waals surface area contributed by atoms with Crippen molar-refractivity contribution in [1.29, 1.82) is 0 Å². The Kier molecular flexibility index (Phi) is 3.23. The van der Waals surface area contributed by atoms with E-state index in [1.807, 2.05) is 0 Å². The predicted molar refractivity (Wildman–Crippen MR) is 66.6 cm³/mol. The standard InChI is InChI=1S/C13H16N2O3/c1-15(2)13(17)8-3-6-10(12(14)16)11(7-8)18-9-4-5-9/h3,6-7,9H,4-5H2,1-2H3,(H2,14,16). The molecule has 0 bridgehead atoms. The minimum atomic E-state index is -0.547. The molecule has 0 aromatic heterocycles. The predicted octanol–water partition coefficient (Wildman–Crippen LogP) is 1.03. The Bertz CT molecular complexity index is 493. The Balaban J connectivity index is 2.34. The minimum Gasteiger partial charge on any atom is -0.490 e. The molecule has 5 nitrogen and oxygen atoms in total. The van der Waals surface area contributed by atoms with E-state index in [9.17, 15) is 9.59 Å². The van der Waals surface area contributed by atoms with Gasteiger partial charge in [0, 0.05) is 19.7 Å². The summed E-state index contributed by atoms with van der Waals surface area (Å²) >= 11 is 0. The number of hydrogen-bond acceptors (Lipinski definition) is 3. The first-order valence-corrected chi connectivity index (χ1v) is 5.81. The van der Waals surface area contributed by atoms with Crippen molar-refractivity contribution in [3.8, 4) is 5.75 Å². The maximum Gasteiger partial charge on any atom is 0.253 e. The fourth-order valence-corrected chi connectivity index (χ4v) is 1.58. The van der Waals surface area contributed by atoms with Crippen molar-refractivity contribution in [3.05, 3.63) is 29.3 Å². The molecule has 0 spiro atoms. The summed E-state index contributed by atoms with van der Waals surface area (Å²) in [7, 11) is 3.34. The molecular weight excluding hydrogens is 232 g/mol. The van der Waals surface area contributed by atoms with Crippen molar-refractivity contribution in [2.75, 3.05) is 14.1 Å². The number of carbonyl (C=O) groups is 2. The SMILES string of the molecule is CN(C)C(=O)c1ccc(C(N)=O)c(OC2CC2)c1. The molecule has 0 aliphatic heterocycles. The van der Waals surface area contributed by atoms with Crippen LogP contribution in [0.4, 0.5) is 0 Å². The Hall–Kier alpha value is -2.04. The van der Waals surface area contributed by atoms with Crippen LogP contribution in [0.2, 0.25) is 0 Å². The number of hydrogen-bond donors (Lipinski definition) is 1. The van der Waals surface area contributed by atoms with E-state index in [4.69, 9.17) is 10.5 Å². The van der Waals surface area contributed by atoms with Gasteiger partial charge in [-0.05, 0) is 31.0 Å². The summed E-state index contributed by atoms with van der Waals surface area (Å²) in [4.78, 5) is 24.6. The lowest BCUT2D eigenvalue weighted by Crippen LogP contribution is -2.22. The lowest BCUT2D eigenvalue weighted by atomic mass is 10.1. The second-order valence-electron chi connectivity index (χ2n) is 4.59. The highest BCUT2D eigenvalue weighted by atomic mass is 16.5. The van der Waals surface area contributed by atoms with Gasteiger partial charge in [-0.3, -0.25) is 9.59 Å². The number of amides is 2. The number of nitrogens with two attached hydrogens (primary N) is 1. The Morgan fingerprint density at radius 3 is 2.50 bits per heavy atom. The molecule has 18 heavy (non-hydrogen) atoms. The molecule has 2 amide bonds. The van der Waals surface area contributed by atoms with Gasteiger partial charge in [-0.25, -0.2) is 0 Å². The third-order valence-corrected chi connectivity index (χ3v) is 2.72. The number of carbonyl (C=O) groups excluding carboxylic acids is 2. The maximum absolute atomic E-state index is 11.8. The molecular formula is C13H16N2O3.